The fourth-order valence-corrected chi connectivity index (χ4v) is 1.72. The zero-order valence-electron chi connectivity index (χ0n) is 13.4. The molecule has 0 heterocycles. The Morgan fingerprint density at radius 2 is 1.85 bits per heavy atom. The van der Waals surface area contributed by atoms with Gasteiger partial charge in [0.2, 0.25) is 0 Å². The molecule has 6 heteroatoms. The summed E-state index contributed by atoms with van der Waals surface area (Å²) >= 11 is 0. The summed E-state index contributed by atoms with van der Waals surface area (Å²) in [6.07, 6.45) is 0.835. The third-order valence-corrected chi connectivity index (χ3v) is 2.70. The van der Waals surface area contributed by atoms with Gasteiger partial charge in [0.1, 0.15) is 11.6 Å². The summed E-state index contributed by atoms with van der Waals surface area (Å²) in [5, 5.41) is 5.63. The van der Waals surface area contributed by atoms with Gasteiger partial charge in [-0.2, -0.15) is 0 Å². The highest BCUT2D eigenvalue weighted by Crippen LogP contribution is 2.13. The maximum Gasteiger partial charge on any atom is 0.408 e. The van der Waals surface area contributed by atoms with Crippen molar-refractivity contribution < 1.29 is 19.1 Å². The van der Waals surface area contributed by atoms with Crippen molar-refractivity contribution in [3.8, 4) is 0 Å². The second-order valence-corrected chi connectivity index (χ2v) is 5.96. The van der Waals surface area contributed by atoms with Crippen LogP contribution in [0.3, 0.4) is 0 Å². The second-order valence-electron chi connectivity index (χ2n) is 5.96. The fraction of sp³-hybridized carbons (Fsp3) is 0.857. The zero-order chi connectivity index (χ0) is 15.8. The Bertz CT molecular complexity index is 313. The van der Waals surface area contributed by atoms with Crippen molar-refractivity contribution in [3.63, 3.8) is 0 Å². The molecule has 6 nitrogen and oxygen atoms in total. The number of ether oxygens (including phenoxy) is 2. The van der Waals surface area contributed by atoms with E-state index in [9.17, 15) is 9.59 Å². The number of carbonyl (C=O) groups is 2. The Hall–Kier alpha value is -1.30. The normalized spacial score (nSPS) is 14.3. The number of esters is 1. The summed E-state index contributed by atoms with van der Waals surface area (Å²) in [6, 6.07) is -0.679. The Labute approximate surface area is 121 Å². The zero-order valence-corrected chi connectivity index (χ0v) is 13.4. The number of nitrogens with one attached hydrogen (secondary N) is 2. The van der Waals surface area contributed by atoms with Crippen molar-refractivity contribution in [1.82, 2.24) is 10.6 Å². The van der Waals surface area contributed by atoms with Crippen LogP contribution in [0, 0.1) is 5.92 Å². The largest absolute Gasteiger partial charge is 0.467 e. The van der Waals surface area contributed by atoms with Gasteiger partial charge in [0, 0.05) is 0 Å². The summed E-state index contributed by atoms with van der Waals surface area (Å²) in [4.78, 5) is 23.4. The summed E-state index contributed by atoms with van der Waals surface area (Å²) < 4.78 is 9.88. The highest BCUT2D eigenvalue weighted by Gasteiger charge is 2.26. The predicted molar refractivity (Wildman–Crippen MR) is 77.5 cm³/mol. The molecular weight excluding hydrogens is 260 g/mol. The molecule has 1 unspecified atom stereocenters. The van der Waals surface area contributed by atoms with Gasteiger partial charge in [-0.3, -0.25) is 0 Å². The van der Waals surface area contributed by atoms with Gasteiger partial charge in [-0.1, -0.05) is 6.92 Å². The van der Waals surface area contributed by atoms with Crippen LogP contribution in [0.15, 0.2) is 0 Å². The van der Waals surface area contributed by atoms with Gasteiger partial charge in [-0.05, 0) is 53.1 Å². The van der Waals surface area contributed by atoms with Gasteiger partial charge in [-0.15, -0.1) is 0 Å². The minimum absolute atomic E-state index is 0.279. The Balaban J connectivity index is 4.49. The van der Waals surface area contributed by atoms with Gasteiger partial charge in [0.15, 0.2) is 0 Å². The van der Waals surface area contributed by atoms with Crippen LogP contribution in [-0.2, 0) is 14.3 Å². The minimum Gasteiger partial charge on any atom is -0.467 e. The van der Waals surface area contributed by atoms with E-state index in [4.69, 9.17) is 9.47 Å². The van der Waals surface area contributed by atoms with Crippen molar-refractivity contribution in [1.29, 1.82) is 0 Å². The monoisotopic (exact) mass is 288 g/mol. The average Bonchev–Trinajstić information content (AvgIpc) is 2.32. The van der Waals surface area contributed by atoms with Crippen molar-refractivity contribution in [2.24, 2.45) is 5.92 Å². The quantitative estimate of drug-likeness (QED) is 0.697. The van der Waals surface area contributed by atoms with Crippen molar-refractivity contribution in [3.05, 3.63) is 0 Å². The van der Waals surface area contributed by atoms with E-state index in [0.29, 0.717) is 6.42 Å². The van der Waals surface area contributed by atoms with E-state index in [1.807, 2.05) is 14.0 Å². The van der Waals surface area contributed by atoms with Crippen LogP contribution in [0.5, 0.6) is 0 Å². The number of methoxy groups -OCH3 is 1. The molecule has 0 radical (unpaired) electrons. The van der Waals surface area contributed by atoms with Gasteiger partial charge >= 0.3 is 12.1 Å². The molecule has 0 saturated carbocycles. The molecule has 0 aliphatic rings. The number of hydrogen-bond acceptors (Lipinski definition) is 5. The molecule has 0 aromatic heterocycles. The van der Waals surface area contributed by atoms with E-state index in [2.05, 4.69) is 10.6 Å². The Morgan fingerprint density at radius 3 is 2.30 bits per heavy atom. The van der Waals surface area contributed by atoms with Crippen LogP contribution in [0.1, 0.15) is 40.5 Å². The summed E-state index contributed by atoms with van der Waals surface area (Å²) in [7, 11) is 3.19. The average molecular weight is 288 g/mol. The molecule has 1 amide bonds. The highest BCUT2D eigenvalue weighted by atomic mass is 16.6. The standard InChI is InChI=1S/C14H28N2O4/c1-10(7-8-15-5)9-11(12(17)19-6)16-13(18)20-14(2,3)4/h10-11,15H,7-9H2,1-6H3,(H,16,18)/t10?,11-/m0/s1. The van der Waals surface area contributed by atoms with Crippen LogP contribution < -0.4 is 10.6 Å². The molecule has 20 heavy (non-hydrogen) atoms. The molecule has 0 aliphatic heterocycles. The molecule has 0 saturated heterocycles. The third kappa shape index (κ3) is 8.74. The number of alkyl carbamates (subject to hydrolysis) is 1. The molecule has 0 rings (SSSR count). The van der Waals surface area contributed by atoms with Crippen molar-refractivity contribution >= 4 is 12.1 Å². The first-order chi connectivity index (χ1) is 9.19. The van der Waals surface area contributed by atoms with Gasteiger partial charge in [-0.25, -0.2) is 9.59 Å². The lowest BCUT2D eigenvalue weighted by Gasteiger charge is -2.24. The first kappa shape index (κ1) is 18.7. The number of amides is 1. The molecule has 118 valence electrons. The Kier molecular flexibility index (Phi) is 8.22. The van der Waals surface area contributed by atoms with E-state index < -0.39 is 23.7 Å². The lowest BCUT2D eigenvalue weighted by molar-refractivity contribution is -0.143. The highest BCUT2D eigenvalue weighted by molar-refractivity contribution is 5.81. The predicted octanol–water partition coefficient (Wildman–Crippen LogP) is 1.69. The molecule has 0 aliphatic carbocycles. The van der Waals surface area contributed by atoms with E-state index in [1.54, 1.807) is 20.8 Å². The Morgan fingerprint density at radius 1 is 1.25 bits per heavy atom. The van der Waals surface area contributed by atoms with Crippen molar-refractivity contribution in [2.75, 3.05) is 20.7 Å². The minimum atomic E-state index is -0.679. The lowest BCUT2D eigenvalue weighted by atomic mass is 9.98. The van der Waals surface area contributed by atoms with E-state index in [0.717, 1.165) is 13.0 Å². The van der Waals surface area contributed by atoms with E-state index >= 15 is 0 Å². The molecule has 0 spiro atoms. The second kappa shape index (κ2) is 8.79. The SMILES string of the molecule is CNCCC(C)C[C@H](NC(=O)OC(C)(C)C)C(=O)OC. The number of carbonyl (C=O) groups excluding carboxylic acids is 2. The third-order valence-electron chi connectivity index (χ3n) is 2.70. The van der Waals surface area contributed by atoms with Crippen molar-refractivity contribution in [2.45, 2.75) is 52.2 Å². The molecule has 2 N–H and O–H groups in total. The van der Waals surface area contributed by atoms with Gasteiger partial charge < -0.3 is 20.1 Å². The molecule has 0 aromatic carbocycles. The topological polar surface area (TPSA) is 76.7 Å². The lowest BCUT2D eigenvalue weighted by Crippen LogP contribution is -2.44. The van der Waals surface area contributed by atoms with Crippen LogP contribution >= 0.6 is 0 Å². The fourth-order valence-electron chi connectivity index (χ4n) is 1.72. The smallest absolute Gasteiger partial charge is 0.408 e. The van der Waals surface area contributed by atoms with Gasteiger partial charge in [0.05, 0.1) is 7.11 Å². The van der Waals surface area contributed by atoms with Crippen LogP contribution in [-0.4, -0.2) is 44.4 Å². The van der Waals surface area contributed by atoms with Crippen LogP contribution in [0.2, 0.25) is 0 Å². The number of hydrogen-bond donors (Lipinski definition) is 2. The molecule has 0 bridgehead atoms. The van der Waals surface area contributed by atoms with E-state index in [1.165, 1.54) is 7.11 Å². The first-order valence-corrected chi connectivity index (χ1v) is 6.91. The molecule has 0 aromatic rings. The summed E-state index contributed by atoms with van der Waals surface area (Å²) in [5.74, 6) is -0.173. The van der Waals surface area contributed by atoms with Gasteiger partial charge in [0.25, 0.3) is 0 Å². The maximum atomic E-state index is 11.7. The van der Waals surface area contributed by atoms with E-state index in [-0.39, 0.29) is 5.92 Å². The number of rotatable bonds is 7. The first-order valence-electron chi connectivity index (χ1n) is 6.91. The van der Waals surface area contributed by atoms with Crippen LogP contribution in [0.25, 0.3) is 0 Å². The molecule has 0 fully saturated rings. The maximum absolute atomic E-state index is 11.7. The van der Waals surface area contributed by atoms with Crippen LogP contribution in [0.4, 0.5) is 4.79 Å². The molecular formula is C14H28N2O4. The summed E-state index contributed by atoms with van der Waals surface area (Å²) in [6.45, 7) is 8.21. The summed E-state index contributed by atoms with van der Waals surface area (Å²) in [5.41, 5.74) is -0.595. The molecule has 2 atom stereocenters.